The molecule has 0 fully saturated rings. The summed E-state index contributed by atoms with van der Waals surface area (Å²) in [6, 6.07) is 27.0. The number of benzene rings is 4. The molecule has 12 heteroatoms. The van der Waals surface area contributed by atoms with Crippen LogP contribution in [0.5, 0.6) is 11.5 Å². The van der Waals surface area contributed by atoms with E-state index in [2.05, 4.69) is 52.9 Å². The highest BCUT2D eigenvalue weighted by Gasteiger charge is 2.13. The molecule has 222 valence electrons. The molecular formula is C32H24Br2N4O6. The molecule has 0 saturated heterocycles. The van der Waals surface area contributed by atoms with Gasteiger partial charge in [0.05, 0.1) is 23.6 Å². The van der Waals surface area contributed by atoms with Crippen molar-refractivity contribution < 1.29 is 28.7 Å². The summed E-state index contributed by atoms with van der Waals surface area (Å²) < 4.78 is 12.4. The van der Waals surface area contributed by atoms with Crippen LogP contribution in [-0.2, 0) is 9.59 Å². The number of amides is 2. The number of carbonyl (C=O) groups excluding carboxylic acids is 4. The van der Waals surface area contributed by atoms with Crippen LogP contribution in [0.2, 0.25) is 0 Å². The van der Waals surface area contributed by atoms with Gasteiger partial charge in [0, 0.05) is 32.9 Å². The van der Waals surface area contributed by atoms with E-state index in [0.717, 1.165) is 0 Å². The van der Waals surface area contributed by atoms with E-state index in [1.54, 1.807) is 97.1 Å². The zero-order valence-electron chi connectivity index (χ0n) is 22.9. The summed E-state index contributed by atoms with van der Waals surface area (Å²) in [5, 5.41) is 7.85. The third-order valence-corrected chi connectivity index (χ3v) is 6.72. The van der Waals surface area contributed by atoms with Crippen LogP contribution in [0.3, 0.4) is 0 Å². The lowest BCUT2D eigenvalue weighted by Gasteiger charge is -2.08. The van der Waals surface area contributed by atoms with E-state index in [4.69, 9.17) is 9.47 Å². The molecule has 0 radical (unpaired) electrons. The van der Waals surface area contributed by atoms with E-state index < -0.39 is 23.8 Å². The van der Waals surface area contributed by atoms with Gasteiger partial charge in [0.1, 0.15) is 11.5 Å². The lowest BCUT2D eigenvalue weighted by atomic mass is 10.2. The maximum Gasteiger partial charge on any atom is 0.343 e. The largest absolute Gasteiger partial charge is 0.422 e. The summed E-state index contributed by atoms with van der Waals surface area (Å²) in [5.74, 6) is -1.60. The molecule has 0 aliphatic rings. The van der Waals surface area contributed by atoms with Crippen molar-refractivity contribution in [2.24, 2.45) is 10.2 Å². The van der Waals surface area contributed by atoms with Gasteiger partial charge in [-0.05, 0) is 60.7 Å². The summed E-state index contributed by atoms with van der Waals surface area (Å²) in [7, 11) is 0. The van der Waals surface area contributed by atoms with Crippen molar-refractivity contribution in [2.45, 2.75) is 12.8 Å². The first kappa shape index (κ1) is 32.0. The minimum Gasteiger partial charge on any atom is -0.422 e. The predicted octanol–water partition coefficient (Wildman–Crippen LogP) is 6.03. The predicted molar refractivity (Wildman–Crippen MR) is 172 cm³/mol. The molecule has 10 nitrogen and oxygen atoms in total. The molecule has 0 bridgehead atoms. The minimum atomic E-state index is -0.537. The molecule has 0 spiro atoms. The normalized spacial score (nSPS) is 10.9. The topological polar surface area (TPSA) is 136 Å². The van der Waals surface area contributed by atoms with Crippen LogP contribution in [0, 0.1) is 0 Å². The van der Waals surface area contributed by atoms with Gasteiger partial charge in [-0.2, -0.15) is 10.2 Å². The van der Waals surface area contributed by atoms with Gasteiger partial charge >= 0.3 is 11.9 Å². The Bertz CT molecular complexity index is 1590. The number of hydrazone groups is 2. The second kappa shape index (κ2) is 16.1. The Morgan fingerprint density at radius 2 is 0.977 bits per heavy atom. The first-order valence-electron chi connectivity index (χ1n) is 13.1. The second-order valence-electron chi connectivity index (χ2n) is 8.96. The molecule has 0 heterocycles. The third-order valence-electron chi connectivity index (χ3n) is 5.73. The van der Waals surface area contributed by atoms with Crippen molar-refractivity contribution >= 4 is 68.0 Å². The summed E-state index contributed by atoms with van der Waals surface area (Å²) in [6.07, 6.45) is 2.34. The number of nitrogens with zero attached hydrogens (tertiary/aromatic N) is 2. The SMILES string of the molecule is O=C(CCC(=O)N/N=C/c1cc(Br)ccc1OC(=O)c1ccccc1)N/N=C\c1cc(Br)ccc1OC(=O)c1ccccc1. The maximum atomic E-state index is 12.4. The average molecular weight is 720 g/mol. The third kappa shape index (κ3) is 9.82. The fraction of sp³-hybridized carbons (Fsp3) is 0.0625. The van der Waals surface area contributed by atoms with E-state index in [9.17, 15) is 19.2 Å². The quantitative estimate of drug-likeness (QED) is 0.0841. The van der Waals surface area contributed by atoms with Gasteiger partial charge in [0.15, 0.2) is 0 Å². The highest BCUT2D eigenvalue weighted by molar-refractivity contribution is 9.10. The number of ether oxygens (including phenoxy) is 2. The van der Waals surface area contributed by atoms with Crippen molar-refractivity contribution in [3.05, 3.63) is 128 Å². The van der Waals surface area contributed by atoms with E-state index in [1.807, 2.05) is 0 Å². The molecule has 4 rings (SSSR count). The first-order valence-corrected chi connectivity index (χ1v) is 14.6. The smallest absolute Gasteiger partial charge is 0.343 e. The van der Waals surface area contributed by atoms with Crippen LogP contribution in [0.1, 0.15) is 44.7 Å². The molecule has 44 heavy (non-hydrogen) atoms. The number of nitrogens with one attached hydrogen (secondary N) is 2. The number of halogens is 2. The number of carbonyl (C=O) groups is 4. The molecule has 4 aromatic rings. The van der Waals surface area contributed by atoms with E-state index in [1.165, 1.54) is 12.4 Å². The van der Waals surface area contributed by atoms with Crippen molar-refractivity contribution in [1.29, 1.82) is 0 Å². The van der Waals surface area contributed by atoms with Crippen molar-refractivity contribution in [1.82, 2.24) is 10.9 Å². The monoisotopic (exact) mass is 718 g/mol. The molecule has 0 unspecified atom stereocenters. The minimum absolute atomic E-state index is 0.163. The average Bonchev–Trinajstić information content (AvgIpc) is 3.03. The number of esters is 2. The highest BCUT2D eigenvalue weighted by atomic mass is 79.9. The van der Waals surface area contributed by atoms with Gasteiger partial charge in [-0.15, -0.1) is 0 Å². The van der Waals surface area contributed by atoms with Crippen LogP contribution in [0.25, 0.3) is 0 Å². The van der Waals surface area contributed by atoms with Gasteiger partial charge in [-0.3, -0.25) is 9.59 Å². The molecule has 0 aromatic heterocycles. The van der Waals surface area contributed by atoms with Gasteiger partial charge in [-0.25, -0.2) is 20.4 Å². The molecule has 2 N–H and O–H groups in total. The Hall–Kier alpha value is -4.94. The van der Waals surface area contributed by atoms with E-state index in [-0.39, 0.29) is 24.3 Å². The fourth-order valence-corrected chi connectivity index (χ4v) is 4.34. The van der Waals surface area contributed by atoms with Crippen LogP contribution in [0.15, 0.2) is 116 Å². The lowest BCUT2D eigenvalue weighted by molar-refractivity contribution is -0.126. The van der Waals surface area contributed by atoms with Crippen molar-refractivity contribution in [3.63, 3.8) is 0 Å². The Morgan fingerprint density at radius 3 is 1.36 bits per heavy atom. The summed E-state index contributed by atoms with van der Waals surface area (Å²) in [5.41, 5.74) is 6.35. The number of hydrogen-bond acceptors (Lipinski definition) is 8. The number of hydrogen-bond donors (Lipinski definition) is 2. The van der Waals surface area contributed by atoms with Gasteiger partial charge in [-0.1, -0.05) is 68.3 Å². The molecular weight excluding hydrogens is 696 g/mol. The zero-order valence-corrected chi connectivity index (χ0v) is 26.1. The summed E-state index contributed by atoms with van der Waals surface area (Å²) in [4.78, 5) is 49.4. The molecule has 0 atom stereocenters. The van der Waals surface area contributed by atoms with Crippen LogP contribution in [0.4, 0.5) is 0 Å². The highest BCUT2D eigenvalue weighted by Crippen LogP contribution is 2.24. The van der Waals surface area contributed by atoms with Gasteiger partial charge < -0.3 is 9.47 Å². The Labute approximate surface area is 269 Å². The van der Waals surface area contributed by atoms with Crippen molar-refractivity contribution in [2.75, 3.05) is 0 Å². The Balaban J connectivity index is 1.27. The Kier molecular flexibility index (Phi) is 11.7. The number of rotatable bonds is 11. The van der Waals surface area contributed by atoms with E-state index in [0.29, 0.717) is 31.2 Å². The maximum absolute atomic E-state index is 12.4. The van der Waals surface area contributed by atoms with Crippen LogP contribution < -0.4 is 20.3 Å². The molecule has 0 aliphatic heterocycles. The van der Waals surface area contributed by atoms with Gasteiger partial charge in [0.2, 0.25) is 11.8 Å². The molecule has 0 saturated carbocycles. The zero-order chi connectivity index (χ0) is 31.3. The fourth-order valence-electron chi connectivity index (χ4n) is 3.58. The lowest BCUT2D eigenvalue weighted by Crippen LogP contribution is -2.23. The standard InChI is InChI=1S/C32H24Br2N4O6/c33-25-11-13-27(43-31(41)21-7-3-1-4-8-21)23(17-25)19-35-37-29(39)15-16-30(40)38-36-20-24-18-26(34)12-14-28(24)44-32(42)22-9-5-2-6-10-22/h1-14,17-20H,15-16H2,(H,37,39)(H,38,40)/b35-19-,36-20+. The van der Waals surface area contributed by atoms with E-state index >= 15 is 0 Å². The van der Waals surface area contributed by atoms with Gasteiger partial charge in [0.25, 0.3) is 0 Å². The second-order valence-corrected chi connectivity index (χ2v) is 10.8. The molecule has 4 aromatic carbocycles. The summed E-state index contributed by atoms with van der Waals surface area (Å²) >= 11 is 6.72. The van der Waals surface area contributed by atoms with Crippen LogP contribution in [-0.4, -0.2) is 36.2 Å². The molecule has 0 aliphatic carbocycles. The summed E-state index contributed by atoms with van der Waals surface area (Å²) in [6.45, 7) is 0. The molecule has 2 amide bonds. The Morgan fingerprint density at radius 1 is 0.591 bits per heavy atom. The first-order chi connectivity index (χ1) is 21.3. The van der Waals surface area contributed by atoms with Crippen LogP contribution >= 0.6 is 31.9 Å². The van der Waals surface area contributed by atoms with Crippen molar-refractivity contribution in [3.8, 4) is 11.5 Å².